The monoisotopic (exact) mass is 730 g/mol. The molecule has 0 aliphatic rings. The van der Waals surface area contributed by atoms with E-state index in [9.17, 15) is 114 Å². The molecule has 0 bridgehead atoms. The molecule has 0 aromatic rings. The third-order valence-corrected chi connectivity index (χ3v) is 2.64. The summed E-state index contributed by atoms with van der Waals surface area (Å²) >= 11 is 0. The summed E-state index contributed by atoms with van der Waals surface area (Å²) in [6.07, 6.45) is -38.6. The molecule has 0 N–H and O–H groups in total. The molecule has 0 aromatic carbocycles. The van der Waals surface area contributed by atoms with Crippen molar-refractivity contribution in [1.29, 1.82) is 0 Å². The van der Waals surface area contributed by atoms with Crippen molar-refractivity contribution >= 4 is 0 Å². The number of halogens is 26. The van der Waals surface area contributed by atoms with E-state index in [1.807, 2.05) is 9.47 Å². The maximum atomic E-state index is 12.5. The molecule has 0 heterocycles. The maximum absolute atomic E-state index is 12.5. The van der Waals surface area contributed by atoms with Crippen LogP contribution in [-0.2, 0) is 9.47 Å². The van der Waals surface area contributed by atoms with Crippen LogP contribution in [0.4, 0.5) is 114 Å². The molecule has 0 aliphatic heterocycles. The Balaban J connectivity index is -0.000000177. The molecule has 0 saturated carbocycles. The standard InChI is InChI=1S/C6H3F11O.C5F10O.C2H2F2.C2H5F.CH2F2/c1-2(7,4(10,11)12)18-6(16,17)3(8,9)5(13,14)15;6-1(7)2(8)16-5(14,15)3(9,10)4(11,12)13;1-2(3)4;1-2-3;2-1-3/h1H3;;1H2;2H2,1H3;1H2. The summed E-state index contributed by atoms with van der Waals surface area (Å²) in [6.45, 7) is 0.910. The number of ether oxygens (including phenoxy) is 2. The summed E-state index contributed by atoms with van der Waals surface area (Å²) < 4.78 is 300. The van der Waals surface area contributed by atoms with Gasteiger partial charge in [0.05, 0.1) is 6.67 Å². The Bertz CT molecular complexity index is 824. The lowest BCUT2D eigenvalue weighted by molar-refractivity contribution is -0.479. The Kier molecular flexibility index (Phi) is 21.3. The molecular formula is C16H12F26O2. The van der Waals surface area contributed by atoms with E-state index >= 15 is 0 Å². The van der Waals surface area contributed by atoms with Gasteiger partial charge in [-0.1, -0.05) is 0 Å². The van der Waals surface area contributed by atoms with Crippen LogP contribution in [0.5, 0.6) is 0 Å². The van der Waals surface area contributed by atoms with Crippen LogP contribution in [0.25, 0.3) is 0 Å². The lowest BCUT2D eigenvalue weighted by atomic mass is 10.3. The first kappa shape index (κ1) is 51.0. The van der Waals surface area contributed by atoms with Crippen molar-refractivity contribution < 1.29 is 124 Å². The number of hydrogen-bond donors (Lipinski definition) is 0. The Morgan fingerprint density at radius 2 is 0.773 bits per heavy atom. The van der Waals surface area contributed by atoms with Gasteiger partial charge in [0.1, 0.15) is 0 Å². The zero-order valence-electron chi connectivity index (χ0n) is 20.3. The Labute approximate surface area is 225 Å². The van der Waals surface area contributed by atoms with Crippen LogP contribution < -0.4 is 0 Å². The zero-order valence-corrected chi connectivity index (χ0v) is 20.3. The minimum atomic E-state index is -6.99. The van der Waals surface area contributed by atoms with Crippen molar-refractivity contribution in [3.05, 3.63) is 24.8 Å². The van der Waals surface area contributed by atoms with Crippen LogP contribution in [0.1, 0.15) is 13.8 Å². The van der Waals surface area contributed by atoms with Crippen LogP contribution >= 0.6 is 0 Å². The first-order chi connectivity index (χ1) is 18.8. The highest BCUT2D eigenvalue weighted by atomic mass is 19.4. The van der Waals surface area contributed by atoms with Crippen molar-refractivity contribution in [2.24, 2.45) is 0 Å². The molecule has 0 spiro atoms. The molecule has 270 valence electrons. The number of alkyl halides is 21. The van der Waals surface area contributed by atoms with Gasteiger partial charge in [0.15, 0.2) is 0 Å². The second-order valence-corrected chi connectivity index (χ2v) is 6.04. The molecule has 1 atom stereocenters. The first-order valence-corrected chi connectivity index (χ1v) is 9.03. The molecule has 28 heteroatoms. The van der Waals surface area contributed by atoms with Gasteiger partial charge in [0.25, 0.3) is 6.08 Å². The summed E-state index contributed by atoms with van der Waals surface area (Å²) in [4.78, 5) is 0. The van der Waals surface area contributed by atoms with Crippen molar-refractivity contribution in [1.82, 2.24) is 0 Å². The van der Waals surface area contributed by atoms with E-state index in [0.29, 0.717) is 0 Å². The van der Waals surface area contributed by atoms with Gasteiger partial charge in [0, 0.05) is 6.92 Å². The van der Waals surface area contributed by atoms with Gasteiger partial charge in [-0.25, -0.2) is 13.2 Å². The minimum Gasteiger partial charge on any atom is -0.397 e. The van der Waals surface area contributed by atoms with Gasteiger partial charge in [0.2, 0.25) is 6.93 Å². The highest BCUT2D eigenvalue weighted by molar-refractivity contribution is 4.90. The van der Waals surface area contributed by atoms with Gasteiger partial charge in [-0.05, 0) is 13.5 Å². The van der Waals surface area contributed by atoms with Crippen LogP contribution in [0.3, 0.4) is 0 Å². The van der Waals surface area contributed by atoms with Gasteiger partial charge in [-0.3, -0.25) is 9.13 Å². The quantitative estimate of drug-likeness (QED) is 0.200. The Hall–Kier alpha value is -2.58. The summed E-state index contributed by atoms with van der Waals surface area (Å²) in [5.74, 6) is -19.2. The maximum Gasteiger partial charge on any atom is 0.476 e. The Morgan fingerprint density at radius 3 is 0.955 bits per heavy atom. The topological polar surface area (TPSA) is 18.5 Å². The highest BCUT2D eigenvalue weighted by Gasteiger charge is 2.78. The third-order valence-electron chi connectivity index (χ3n) is 2.64. The summed E-state index contributed by atoms with van der Waals surface area (Å²) in [5, 5.41) is 0. The predicted octanol–water partition coefficient (Wildman–Crippen LogP) is 11.1. The summed E-state index contributed by atoms with van der Waals surface area (Å²) in [7, 11) is 0. The molecular weight excluding hydrogens is 718 g/mol. The molecule has 0 amide bonds. The van der Waals surface area contributed by atoms with Crippen molar-refractivity contribution in [2.75, 3.05) is 13.6 Å². The average molecular weight is 730 g/mol. The normalized spacial score (nSPS) is 14.0. The SMILES string of the molecule is C=C(F)F.CC(F)(OC(F)(F)C(F)(F)C(F)(F)F)C(F)(F)F.CCF.FC(F)=C(F)OC(F)(F)C(F)(F)C(F)(F)F.FCF. The van der Waals surface area contributed by atoms with Crippen LogP contribution in [-0.4, -0.2) is 62.0 Å². The molecule has 1 unspecified atom stereocenters. The fourth-order valence-corrected chi connectivity index (χ4v) is 0.908. The van der Waals surface area contributed by atoms with E-state index in [-0.39, 0.29) is 6.67 Å². The van der Waals surface area contributed by atoms with E-state index in [2.05, 4.69) is 6.58 Å². The largest absolute Gasteiger partial charge is 0.476 e. The second kappa shape index (κ2) is 18.4. The van der Waals surface area contributed by atoms with E-state index in [1.165, 1.54) is 6.92 Å². The van der Waals surface area contributed by atoms with Crippen molar-refractivity contribution in [2.45, 2.75) is 62.3 Å². The van der Waals surface area contributed by atoms with Crippen molar-refractivity contribution in [3.8, 4) is 0 Å². The van der Waals surface area contributed by atoms with E-state index in [1.54, 1.807) is 0 Å². The van der Waals surface area contributed by atoms with Crippen molar-refractivity contribution in [3.63, 3.8) is 0 Å². The van der Waals surface area contributed by atoms with E-state index in [0.717, 1.165) is 0 Å². The molecule has 0 aromatic heterocycles. The Morgan fingerprint density at radius 1 is 0.545 bits per heavy atom. The number of hydrogen-bond acceptors (Lipinski definition) is 2. The van der Waals surface area contributed by atoms with Crippen LogP contribution in [0, 0.1) is 0 Å². The average Bonchev–Trinajstić information content (AvgIpc) is 2.71. The fourth-order valence-electron chi connectivity index (χ4n) is 0.908. The van der Waals surface area contributed by atoms with Gasteiger partial charge in [-0.15, -0.1) is 0 Å². The summed E-state index contributed by atoms with van der Waals surface area (Å²) in [5.41, 5.74) is 0. The van der Waals surface area contributed by atoms with E-state index in [4.69, 9.17) is 0 Å². The number of rotatable bonds is 6. The zero-order chi connectivity index (χ0) is 37.6. The molecule has 2 nitrogen and oxygen atoms in total. The second-order valence-electron chi connectivity index (χ2n) is 6.04. The molecule has 0 saturated heterocycles. The molecule has 0 aliphatic carbocycles. The third kappa shape index (κ3) is 17.6. The van der Waals surface area contributed by atoms with E-state index < -0.39 is 80.5 Å². The minimum absolute atomic E-state index is 0.250. The lowest BCUT2D eigenvalue weighted by Crippen LogP contribution is -2.58. The summed E-state index contributed by atoms with van der Waals surface area (Å²) in [6, 6.07) is -3.52. The molecule has 0 fully saturated rings. The smallest absolute Gasteiger partial charge is 0.397 e. The first-order valence-electron chi connectivity index (χ1n) is 9.03. The predicted molar refractivity (Wildman–Crippen MR) is 90.1 cm³/mol. The molecule has 44 heavy (non-hydrogen) atoms. The fraction of sp³-hybridized carbons (Fsp3) is 0.750. The van der Waals surface area contributed by atoms with Gasteiger partial charge in [-0.2, -0.15) is 96.6 Å². The van der Waals surface area contributed by atoms with Crippen LogP contribution in [0.15, 0.2) is 24.8 Å². The van der Waals surface area contributed by atoms with Gasteiger partial charge < -0.3 is 4.74 Å². The molecule has 0 rings (SSSR count). The lowest BCUT2D eigenvalue weighted by Gasteiger charge is -2.33. The highest BCUT2D eigenvalue weighted by Crippen LogP contribution is 2.51. The van der Waals surface area contributed by atoms with Crippen LogP contribution in [0.2, 0.25) is 0 Å². The van der Waals surface area contributed by atoms with Gasteiger partial charge >= 0.3 is 60.5 Å². The molecule has 0 radical (unpaired) electrons.